The number of anilines is 1. The minimum atomic E-state index is -1.30. The molecule has 7 rings (SSSR count). The fraction of sp³-hybridized carbons (Fsp3) is 0.359. The number of carbonyl (C=O) groups is 3. The van der Waals surface area contributed by atoms with Crippen molar-refractivity contribution in [1.29, 1.82) is 0 Å². The number of rotatable bonds is 14. The largest absolute Gasteiger partial charge is 0.494 e. The van der Waals surface area contributed by atoms with Gasteiger partial charge in [0.25, 0.3) is 0 Å². The Morgan fingerprint density at radius 2 is 1.76 bits per heavy atom. The van der Waals surface area contributed by atoms with Gasteiger partial charge in [0.15, 0.2) is 0 Å². The highest BCUT2D eigenvalue weighted by molar-refractivity contribution is 6.03. The molecule has 1 N–H and O–H groups in total. The van der Waals surface area contributed by atoms with Crippen LogP contribution < -0.4 is 9.64 Å². The van der Waals surface area contributed by atoms with Crippen LogP contribution in [0.2, 0.25) is 0 Å². The molecule has 3 aliphatic heterocycles. The standard InChI is InChI=1S/C39H42N6O6/c1-4-22-42(25-44-30-15-11-10-14-29(30)40-41-44)38(49)35-39-21-20-32(51-39)33(34(39)37(48)45(35)31(24-46)26-12-8-7-9-13-26)36(47)43(23-5-2)27-16-18-28(19-17-27)50-6-3/h4-5,7-19,31-35,46H,1-2,6,20-25H2,3H3/t31-,32-,33+,34+,35?,39?/m1/s1. The summed E-state index contributed by atoms with van der Waals surface area (Å²) in [5.74, 6) is -2.20. The van der Waals surface area contributed by atoms with E-state index in [9.17, 15) is 14.7 Å². The van der Waals surface area contributed by atoms with Gasteiger partial charge in [-0.3, -0.25) is 14.4 Å². The summed E-state index contributed by atoms with van der Waals surface area (Å²) in [5.41, 5.74) is 1.42. The van der Waals surface area contributed by atoms with Gasteiger partial charge in [0.1, 0.15) is 29.6 Å². The van der Waals surface area contributed by atoms with Gasteiger partial charge in [-0.2, -0.15) is 0 Å². The minimum Gasteiger partial charge on any atom is -0.494 e. The molecule has 4 aromatic rings. The van der Waals surface area contributed by atoms with E-state index in [1.165, 1.54) is 4.90 Å². The van der Waals surface area contributed by atoms with E-state index in [4.69, 9.17) is 9.47 Å². The number of hydrogen-bond donors (Lipinski definition) is 1. The molecule has 3 amide bonds. The zero-order valence-corrected chi connectivity index (χ0v) is 28.6. The summed E-state index contributed by atoms with van der Waals surface area (Å²) in [6.45, 7) is 10.2. The Kier molecular flexibility index (Phi) is 9.45. The summed E-state index contributed by atoms with van der Waals surface area (Å²) in [6.07, 6.45) is 3.59. The normalized spacial score (nSPS) is 24.0. The Morgan fingerprint density at radius 1 is 1.04 bits per heavy atom. The quantitative estimate of drug-likeness (QED) is 0.196. The first kappa shape index (κ1) is 34.1. The summed E-state index contributed by atoms with van der Waals surface area (Å²) in [7, 11) is 0. The third-order valence-corrected chi connectivity index (χ3v) is 10.4. The molecule has 2 bridgehead atoms. The van der Waals surface area contributed by atoms with Gasteiger partial charge in [0.05, 0.1) is 42.7 Å². The third-order valence-electron chi connectivity index (χ3n) is 10.4. The zero-order valence-electron chi connectivity index (χ0n) is 28.6. The number of aromatic nitrogens is 3. The Labute approximate surface area is 296 Å². The van der Waals surface area contributed by atoms with E-state index >= 15 is 4.79 Å². The number of aliphatic hydroxyl groups excluding tert-OH is 1. The molecule has 0 saturated carbocycles. The fourth-order valence-electron chi connectivity index (χ4n) is 8.27. The van der Waals surface area contributed by atoms with Crippen LogP contribution in [0.15, 0.2) is 104 Å². The van der Waals surface area contributed by atoms with Crippen LogP contribution >= 0.6 is 0 Å². The van der Waals surface area contributed by atoms with Crippen molar-refractivity contribution in [1.82, 2.24) is 24.8 Å². The second-order valence-electron chi connectivity index (χ2n) is 13.1. The topological polar surface area (TPSA) is 130 Å². The molecule has 1 spiro atoms. The van der Waals surface area contributed by atoms with E-state index < -0.39 is 48.1 Å². The van der Waals surface area contributed by atoms with Gasteiger partial charge in [0.2, 0.25) is 17.7 Å². The molecule has 2 unspecified atom stereocenters. The molecule has 3 aromatic carbocycles. The van der Waals surface area contributed by atoms with E-state index in [1.807, 2.05) is 73.7 Å². The molecule has 4 heterocycles. The highest BCUT2D eigenvalue weighted by Gasteiger charge is 2.75. The van der Waals surface area contributed by atoms with Gasteiger partial charge in [-0.1, -0.05) is 59.8 Å². The number of benzene rings is 3. The summed E-state index contributed by atoms with van der Waals surface area (Å²) in [4.78, 5) is 49.5. The predicted octanol–water partition coefficient (Wildman–Crippen LogP) is 4.13. The first-order valence-electron chi connectivity index (χ1n) is 17.4. The van der Waals surface area contributed by atoms with Crippen LogP contribution in [0.4, 0.5) is 5.69 Å². The number of hydrogen-bond acceptors (Lipinski definition) is 8. The number of amides is 3. The lowest BCUT2D eigenvalue weighted by Gasteiger charge is -2.39. The van der Waals surface area contributed by atoms with Crippen LogP contribution in [0.3, 0.4) is 0 Å². The van der Waals surface area contributed by atoms with E-state index in [0.717, 1.165) is 5.52 Å². The minimum absolute atomic E-state index is 0.0381. The van der Waals surface area contributed by atoms with Crippen molar-refractivity contribution in [3.63, 3.8) is 0 Å². The first-order chi connectivity index (χ1) is 24.9. The molecule has 0 aliphatic carbocycles. The van der Waals surface area contributed by atoms with Crippen LogP contribution in [-0.2, 0) is 25.8 Å². The number of fused-ring (bicyclic) bond motifs is 2. The van der Waals surface area contributed by atoms with Crippen LogP contribution in [-0.4, -0.2) is 91.7 Å². The average Bonchev–Trinajstić information content (AvgIpc) is 3.91. The van der Waals surface area contributed by atoms with Gasteiger partial charge in [-0.15, -0.1) is 18.3 Å². The van der Waals surface area contributed by atoms with Crippen molar-refractivity contribution in [2.24, 2.45) is 11.8 Å². The smallest absolute Gasteiger partial charge is 0.250 e. The monoisotopic (exact) mass is 690 g/mol. The maximum Gasteiger partial charge on any atom is 0.250 e. The number of aliphatic hydroxyl groups is 1. The second kappa shape index (κ2) is 14.1. The fourth-order valence-corrected chi connectivity index (χ4v) is 8.27. The van der Waals surface area contributed by atoms with Crippen molar-refractivity contribution in [3.05, 3.63) is 110 Å². The zero-order chi connectivity index (χ0) is 35.7. The molecule has 264 valence electrons. The van der Waals surface area contributed by atoms with Crippen LogP contribution in [0, 0.1) is 11.8 Å². The Hall–Kier alpha value is -5.33. The lowest BCUT2D eigenvalue weighted by Crippen LogP contribution is -2.57. The van der Waals surface area contributed by atoms with E-state index in [-0.39, 0.29) is 31.6 Å². The van der Waals surface area contributed by atoms with Gasteiger partial charge < -0.3 is 29.3 Å². The SMILES string of the molecule is C=CCN(Cn1nnc2ccccc21)C(=O)C1N([C@H](CO)c2ccccc2)C(=O)[C@@H]2[C@@H](C(=O)N(CC=C)c3ccc(OCC)cc3)[C@H]3CCC12O3. The number of likely N-dealkylation sites (tertiary alicyclic amines) is 1. The molecule has 0 radical (unpaired) electrons. The number of para-hydroxylation sites is 1. The van der Waals surface area contributed by atoms with Crippen molar-refractivity contribution in [2.45, 2.75) is 50.2 Å². The maximum atomic E-state index is 15.1. The lowest BCUT2D eigenvalue weighted by atomic mass is 9.70. The van der Waals surface area contributed by atoms with Crippen LogP contribution in [0.1, 0.15) is 31.4 Å². The Bertz CT molecular complexity index is 1930. The van der Waals surface area contributed by atoms with Crippen LogP contribution in [0.5, 0.6) is 5.75 Å². The van der Waals surface area contributed by atoms with Crippen molar-refractivity contribution < 1.29 is 29.0 Å². The van der Waals surface area contributed by atoms with E-state index in [0.29, 0.717) is 42.0 Å². The van der Waals surface area contributed by atoms with Crippen molar-refractivity contribution in [2.75, 3.05) is 31.2 Å². The van der Waals surface area contributed by atoms with E-state index in [2.05, 4.69) is 23.5 Å². The van der Waals surface area contributed by atoms with Crippen molar-refractivity contribution in [3.8, 4) is 5.75 Å². The van der Waals surface area contributed by atoms with Gasteiger partial charge in [-0.25, -0.2) is 4.68 Å². The molecule has 3 aliphatic rings. The summed E-state index contributed by atoms with van der Waals surface area (Å²) >= 11 is 0. The molecule has 6 atom stereocenters. The van der Waals surface area contributed by atoms with Crippen LogP contribution in [0.25, 0.3) is 11.0 Å². The molecule has 51 heavy (non-hydrogen) atoms. The molecule has 12 nitrogen and oxygen atoms in total. The van der Waals surface area contributed by atoms with Crippen molar-refractivity contribution >= 4 is 34.4 Å². The van der Waals surface area contributed by atoms with Gasteiger partial charge in [0, 0.05) is 18.8 Å². The molecule has 12 heteroatoms. The number of carbonyl (C=O) groups excluding carboxylic acids is 3. The number of ether oxygens (including phenoxy) is 2. The molecule has 1 aromatic heterocycles. The first-order valence-corrected chi connectivity index (χ1v) is 17.4. The molecular weight excluding hydrogens is 648 g/mol. The summed E-state index contributed by atoms with van der Waals surface area (Å²) in [6, 6.07) is 21.8. The Morgan fingerprint density at radius 3 is 2.47 bits per heavy atom. The van der Waals surface area contributed by atoms with Gasteiger partial charge in [-0.05, 0) is 61.7 Å². The molecule has 3 fully saturated rings. The maximum absolute atomic E-state index is 15.1. The highest BCUT2D eigenvalue weighted by atomic mass is 16.5. The third kappa shape index (κ3) is 5.78. The second-order valence-corrected chi connectivity index (χ2v) is 13.1. The average molecular weight is 691 g/mol. The molecular formula is C39H42N6O6. The van der Waals surface area contributed by atoms with E-state index in [1.54, 1.807) is 38.8 Å². The predicted molar refractivity (Wildman–Crippen MR) is 190 cm³/mol. The summed E-state index contributed by atoms with van der Waals surface area (Å²) < 4.78 is 14.0. The lowest BCUT2D eigenvalue weighted by molar-refractivity contribution is -0.152. The highest BCUT2D eigenvalue weighted by Crippen LogP contribution is 2.60. The van der Waals surface area contributed by atoms with Gasteiger partial charge >= 0.3 is 0 Å². The summed E-state index contributed by atoms with van der Waals surface area (Å²) in [5, 5.41) is 19.5. The Balaban J connectivity index is 1.30. The number of nitrogens with zero attached hydrogens (tertiary/aromatic N) is 6. The molecule has 3 saturated heterocycles.